The van der Waals surface area contributed by atoms with E-state index in [0.717, 1.165) is 77.0 Å². The van der Waals surface area contributed by atoms with Gasteiger partial charge in [0.05, 0.1) is 6.61 Å². The molecule has 5 heteroatoms. The van der Waals surface area contributed by atoms with E-state index in [4.69, 9.17) is 9.47 Å². The second-order valence-electron chi connectivity index (χ2n) is 12.7. The Labute approximate surface area is 307 Å². The van der Waals surface area contributed by atoms with Crippen molar-refractivity contribution < 1.29 is 24.2 Å². The fourth-order valence-corrected chi connectivity index (χ4v) is 5.02. The normalized spacial score (nSPS) is 13.3. The molecule has 0 amide bonds. The summed E-state index contributed by atoms with van der Waals surface area (Å²) >= 11 is 0. The van der Waals surface area contributed by atoms with Crippen LogP contribution in [0.1, 0.15) is 155 Å². The van der Waals surface area contributed by atoms with Gasteiger partial charge in [0.2, 0.25) is 0 Å². The van der Waals surface area contributed by atoms with E-state index in [9.17, 15) is 14.7 Å². The zero-order valence-corrected chi connectivity index (χ0v) is 31.9. The third kappa shape index (κ3) is 37.6. The van der Waals surface area contributed by atoms with E-state index in [1.165, 1.54) is 51.4 Å². The summed E-state index contributed by atoms with van der Waals surface area (Å²) in [6.45, 7) is 3.83. The molecule has 0 aromatic rings. The minimum absolute atomic E-state index is 0.0940. The summed E-state index contributed by atoms with van der Waals surface area (Å²) in [6, 6.07) is 0. The number of carbonyl (C=O) groups is 2. The summed E-state index contributed by atoms with van der Waals surface area (Å²) in [4.78, 5) is 24.2. The van der Waals surface area contributed by atoms with E-state index >= 15 is 0 Å². The number of esters is 2. The van der Waals surface area contributed by atoms with Crippen molar-refractivity contribution in [1.82, 2.24) is 0 Å². The van der Waals surface area contributed by atoms with Crippen molar-refractivity contribution in [3.8, 4) is 0 Å². The Morgan fingerprint density at radius 2 is 0.900 bits per heavy atom. The smallest absolute Gasteiger partial charge is 0.306 e. The van der Waals surface area contributed by atoms with E-state index in [-0.39, 0.29) is 25.2 Å². The molecule has 282 valence electrons. The fraction of sp³-hybridized carbons (Fsp3) is 0.600. The van der Waals surface area contributed by atoms with Crippen molar-refractivity contribution in [3.63, 3.8) is 0 Å². The van der Waals surface area contributed by atoms with Gasteiger partial charge in [-0.15, -0.1) is 0 Å². The predicted octanol–water partition coefficient (Wildman–Crippen LogP) is 12.5. The Hall–Kier alpha value is -3.18. The molecule has 0 aromatic heterocycles. The highest BCUT2D eigenvalue weighted by Gasteiger charge is 2.16. The highest BCUT2D eigenvalue weighted by atomic mass is 16.6. The Morgan fingerprint density at radius 3 is 1.46 bits per heavy atom. The number of ether oxygens (including phenoxy) is 2. The van der Waals surface area contributed by atoms with Gasteiger partial charge >= 0.3 is 11.9 Å². The van der Waals surface area contributed by atoms with Gasteiger partial charge in [-0.2, -0.15) is 0 Å². The predicted molar refractivity (Wildman–Crippen MR) is 214 cm³/mol. The van der Waals surface area contributed by atoms with Crippen LogP contribution in [0.25, 0.3) is 0 Å². The van der Waals surface area contributed by atoms with Gasteiger partial charge in [-0.3, -0.25) is 9.59 Å². The van der Waals surface area contributed by atoms with Crippen LogP contribution in [0.5, 0.6) is 0 Å². The molecule has 0 fully saturated rings. The first kappa shape index (κ1) is 46.8. The molecular formula is C45H72O5. The Kier molecular flexibility index (Phi) is 37.7. The van der Waals surface area contributed by atoms with Crippen LogP contribution in [0.2, 0.25) is 0 Å². The van der Waals surface area contributed by atoms with Crippen LogP contribution in [0.15, 0.2) is 97.2 Å². The Bertz CT molecular complexity index is 1010. The molecule has 1 atom stereocenters. The SMILES string of the molecule is CC/C=C/C=C/C=C/C=C/CCCCCC(=O)OCC(CO)OC(=O)CCCCCCCCCCCC/C=C/C/C=C/C/C=C/C/C=C/CC. The lowest BCUT2D eigenvalue weighted by atomic mass is 10.0. The number of rotatable bonds is 34. The molecule has 0 radical (unpaired) electrons. The molecule has 0 saturated carbocycles. The molecule has 0 spiro atoms. The van der Waals surface area contributed by atoms with E-state index in [1.807, 2.05) is 36.5 Å². The maximum Gasteiger partial charge on any atom is 0.306 e. The summed E-state index contributed by atoms with van der Waals surface area (Å²) in [6.07, 6.45) is 56.1. The second kappa shape index (κ2) is 40.3. The van der Waals surface area contributed by atoms with Crippen LogP contribution in [-0.4, -0.2) is 36.4 Å². The molecule has 0 heterocycles. The van der Waals surface area contributed by atoms with Crippen molar-refractivity contribution in [3.05, 3.63) is 97.2 Å². The van der Waals surface area contributed by atoms with Crippen LogP contribution in [-0.2, 0) is 19.1 Å². The molecule has 0 aliphatic heterocycles. The molecule has 1 N–H and O–H groups in total. The molecule has 0 aromatic carbocycles. The van der Waals surface area contributed by atoms with Crippen LogP contribution in [0.3, 0.4) is 0 Å². The number of allylic oxidation sites excluding steroid dienone is 16. The Morgan fingerprint density at radius 1 is 0.480 bits per heavy atom. The van der Waals surface area contributed by atoms with Gasteiger partial charge in [-0.05, 0) is 70.6 Å². The van der Waals surface area contributed by atoms with Crippen molar-refractivity contribution in [2.24, 2.45) is 0 Å². The topological polar surface area (TPSA) is 72.8 Å². The zero-order valence-electron chi connectivity index (χ0n) is 31.9. The first-order valence-corrected chi connectivity index (χ1v) is 19.8. The van der Waals surface area contributed by atoms with E-state index in [1.54, 1.807) is 0 Å². The van der Waals surface area contributed by atoms with Crippen LogP contribution in [0, 0.1) is 0 Å². The molecular weight excluding hydrogens is 620 g/mol. The zero-order chi connectivity index (χ0) is 36.4. The van der Waals surface area contributed by atoms with Crippen molar-refractivity contribution in [1.29, 1.82) is 0 Å². The van der Waals surface area contributed by atoms with Gasteiger partial charge in [0.25, 0.3) is 0 Å². The lowest BCUT2D eigenvalue weighted by molar-refractivity contribution is -0.161. The van der Waals surface area contributed by atoms with E-state index in [2.05, 4.69) is 74.6 Å². The average Bonchev–Trinajstić information content (AvgIpc) is 3.12. The summed E-state index contributed by atoms with van der Waals surface area (Å²) in [5.74, 6) is -0.652. The lowest BCUT2D eigenvalue weighted by Gasteiger charge is -2.15. The third-order valence-electron chi connectivity index (χ3n) is 7.97. The monoisotopic (exact) mass is 693 g/mol. The van der Waals surface area contributed by atoms with Gasteiger partial charge in [-0.25, -0.2) is 0 Å². The van der Waals surface area contributed by atoms with E-state index < -0.39 is 6.10 Å². The number of hydrogen-bond donors (Lipinski definition) is 1. The number of hydrogen-bond acceptors (Lipinski definition) is 5. The molecule has 5 nitrogen and oxygen atoms in total. The molecule has 0 rings (SSSR count). The van der Waals surface area contributed by atoms with Gasteiger partial charge in [-0.1, -0.05) is 169 Å². The number of unbranched alkanes of at least 4 members (excludes halogenated alkanes) is 13. The first-order valence-electron chi connectivity index (χ1n) is 19.8. The van der Waals surface area contributed by atoms with Crippen LogP contribution >= 0.6 is 0 Å². The van der Waals surface area contributed by atoms with Gasteiger partial charge in [0, 0.05) is 12.8 Å². The average molecular weight is 693 g/mol. The molecule has 0 aliphatic carbocycles. The van der Waals surface area contributed by atoms with E-state index in [0.29, 0.717) is 12.8 Å². The minimum atomic E-state index is -0.795. The van der Waals surface area contributed by atoms with Gasteiger partial charge in [0.15, 0.2) is 6.10 Å². The lowest BCUT2D eigenvalue weighted by Crippen LogP contribution is -2.28. The maximum atomic E-state index is 12.2. The molecule has 0 aliphatic rings. The highest BCUT2D eigenvalue weighted by Crippen LogP contribution is 2.13. The van der Waals surface area contributed by atoms with Gasteiger partial charge in [0.1, 0.15) is 6.61 Å². The van der Waals surface area contributed by atoms with Crippen molar-refractivity contribution in [2.45, 2.75) is 161 Å². The standard InChI is InChI=1S/C45H72O5/c1-3-5-7-9-11-13-15-17-18-19-20-21-22-23-24-25-26-28-30-32-34-36-38-40-45(48)50-43(41-46)42-49-44(47)39-37-35-33-31-29-27-16-14-12-10-8-6-4-2/h5-8,10-14,16-18,20-21,27,29,43,46H,3-4,9,15,19,22-26,28,30-42H2,1-2H3/b7-5+,8-6+,12-10+,13-11+,16-14+,18-17+,21-20+,29-27+. The summed E-state index contributed by atoms with van der Waals surface area (Å²) in [7, 11) is 0. The van der Waals surface area contributed by atoms with Gasteiger partial charge < -0.3 is 14.6 Å². The quantitative estimate of drug-likeness (QED) is 0.0314. The van der Waals surface area contributed by atoms with Crippen molar-refractivity contribution in [2.75, 3.05) is 13.2 Å². The summed E-state index contributed by atoms with van der Waals surface area (Å²) in [5, 5.41) is 9.55. The summed E-state index contributed by atoms with van der Waals surface area (Å²) in [5.41, 5.74) is 0. The number of aliphatic hydroxyl groups is 1. The highest BCUT2D eigenvalue weighted by molar-refractivity contribution is 5.70. The third-order valence-corrected chi connectivity index (χ3v) is 7.97. The second-order valence-corrected chi connectivity index (χ2v) is 12.7. The van der Waals surface area contributed by atoms with Crippen LogP contribution in [0.4, 0.5) is 0 Å². The summed E-state index contributed by atoms with van der Waals surface area (Å²) < 4.78 is 10.6. The Balaban J connectivity index is 3.62. The number of aliphatic hydroxyl groups excluding tert-OH is 1. The number of carbonyl (C=O) groups excluding carboxylic acids is 2. The fourth-order valence-electron chi connectivity index (χ4n) is 5.02. The molecule has 0 bridgehead atoms. The van der Waals surface area contributed by atoms with Crippen molar-refractivity contribution >= 4 is 11.9 Å². The molecule has 0 saturated heterocycles. The van der Waals surface area contributed by atoms with Crippen LogP contribution < -0.4 is 0 Å². The first-order chi connectivity index (χ1) is 24.6. The molecule has 1 unspecified atom stereocenters. The largest absolute Gasteiger partial charge is 0.462 e. The maximum absolute atomic E-state index is 12.2. The minimum Gasteiger partial charge on any atom is -0.462 e. The molecule has 50 heavy (non-hydrogen) atoms.